The van der Waals surface area contributed by atoms with E-state index in [2.05, 4.69) is 15.5 Å². The van der Waals surface area contributed by atoms with Gasteiger partial charge in [-0.1, -0.05) is 18.2 Å². The van der Waals surface area contributed by atoms with Crippen LogP contribution in [0, 0.1) is 0 Å². The number of hydrogen-bond acceptors (Lipinski definition) is 4. The van der Waals surface area contributed by atoms with Crippen LogP contribution in [-0.2, 0) is 0 Å². The maximum absolute atomic E-state index is 12.0. The molecule has 0 radical (unpaired) electrons. The summed E-state index contributed by atoms with van der Waals surface area (Å²) in [5, 5.41) is 8.72. The van der Waals surface area contributed by atoms with Crippen LogP contribution in [0.25, 0.3) is 0 Å². The van der Waals surface area contributed by atoms with Crippen molar-refractivity contribution in [3.63, 3.8) is 0 Å². The van der Waals surface area contributed by atoms with Gasteiger partial charge in [-0.15, -0.1) is 0 Å². The maximum atomic E-state index is 12.0. The number of hydrogen-bond donors (Lipinski definition) is 2. The molecule has 1 heterocycles. The molecule has 2 N–H and O–H groups in total. The van der Waals surface area contributed by atoms with Crippen molar-refractivity contribution >= 4 is 5.91 Å². The molecule has 0 aliphatic carbocycles. The fourth-order valence-corrected chi connectivity index (χ4v) is 1.84. The number of ether oxygens (including phenoxy) is 1. The van der Waals surface area contributed by atoms with Gasteiger partial charge in [-0.2, -0.15) is 5.10 Å². The largest absolute Gasteiger partial charge is 0.496 e. The highest BCUT2D eigenvalue weighted by atomic mass is 16.5. The normalized spacial score (nSPS) is 11.7. The molecule has 2 rings (SSSR count). The molecule has 0 aliphatic heterocycles. The minimum atomic E-state index is -0.361. The molecule has 6 nitrogen and oxygen atoms in total. The number of amides is 1. The van der Waals surface area contributed by atoms with Crippen molar-refractivity contribution in [2.75, 3.05) is 7.11 Å². The molecule has 1 amide bonds. The highest BCUT2D eigenvalue weighted by molar-refractivity contribution is 5.92. The van der Waals surface area contributed by atoms with E-state index in [9.17, 15) is 9.59 Å². The highest BCUT2D eigenvalue weighted by Gasteiger charge is 2.15. The number of aromatic amines is 1. The van der Waals surface area contributed by atoms with E-state index >= 15 is 0 Å². The fourth-order valence-electron chi connectivity index (χ4n) is 1.84. The summed E-state index contributed by atoms with van der Waals surface area (Å²) < 4.78 is 5.26. The molecule has 1 aromatic carbocycles. The van der Waals surface area contributed by atoms with E-state index in [4.69, 9.17) is 4.74 Å². The molecule has 0 saturated carbocycles. The van der Waals surface area contributed by atoms with Crippen LogP contribution < -0.4 is 15.6 Å². The van der Waals surface area contributed by atoms with Crippen LogP contribution >= 0.6 is 0 Å². The van der Waals surface area contributed by atoms with Crippen molar-refractivity contribution in [3.05, 3.63) is 58.0 Å². The lowest BCUT2D eigenvalue weighted by atomic mass is 10.1. The van der Waals surface area contributed by atoms with E-state index in [0.29, 0.717) is 5.75 Å². The molecule has 0 aliphatic rings. The van der Waals surface area contributed by atoms with Crippen molar-refractivity contribution in [2.24, 2.45) is 0 Å². The van der Waals surface area contributed by atoms with Gasteiger partial charge in [0.15, 0.2) is 0 Å². The third kappa shape index (κ3) is 3.03. The van der Waals surface area contributed by atoms with E-state index < -0.39 is 0 Å². The second-order valence-corrected chi connectivity index (χ2v) is 4.24. The second kappa shape index (κ2) is 6.01. The zero-order valence-electron chi connectivity index (χ0n) is 11.2. The van der Waals surface area contributed by atoms with Gasteiger partial charge in [0.2, 0.25) is 0 Å². The Balaban J connectivity index is 2.15. The standard InChI is InChI=1S/C14H15N3O3/c1-9(10-5-3-4-6-12(10)20-2)15-14(19)11-7-8-13(18)17-16-11/h3-9H,1-2H3,(H,15,19)(H,17,18)/t9-/m1/s1. The van der Waals surface area contributed by atoms with Crippen LogP contribution in [-0.4, -0.2) is 23.2 Å². The summed E-state index contributed by atoms with van der Waals surface area (Å²) in [5.74, 6) is 0.342. The van der Waals surface area contributed by atoms with Gasteiger partial charge in [0.25, 0.3) is 11.5 Å². The van der Waals surface area contributed by atoms with Gasteiger partial charge in [0.05, 0.1) is 13.2 Å². The minimum absolute atomic E-state index is 0.159. The van der Waals surface area contributed by atoms with Crippen molar-refractivity contribution < 1.29 is 9.53 Å². The monoisotopic (exact) mass is 273 g/mol. The number of nitrogens with zero attached hydrogens (tertiary/aromatic N) is 1. The van der Waals surface area contributed by atoms with Gasteiger partial charge in [-0.3, -0.25) is 9.59 Å². The number of benzene rings is 1. The number of H-pyrrole nitrogens is 1. The Morgan fingerprint density at radius 1 is 1.30 bits per heavy atom. The van der Waals surface area contributed by atoms with Gasteiger partial charge in [-0.25, -0.2) is 5.10 Å². The first-order valence-electron chi connectivity index (χ1n) is 6.11. The van der Waals surface area contributed by atoms with E-state index in [1.165, 1.54) is 12.1 Å². The van der Waals surface area contributed by atoms with Crippen molar-refractivity contribution in [3.8, 4) is 5.75 Å². The van der Waals surface area contributed by atoms with E-state index in [-0.39, 0.29) is 23.2 Å². The molecule has 2 aromatic rings. The predicted molar refractivity (Wildman–Crippen MR) is 73.7 cm³/mol. The number of methoxy groups -OCH3 is 1. The van der Waals surface area contributed by atoms with E-state index in [1.54, 1.807) is 7.11 Å². The van der Waals surface area contributed by atoms with Crippen molar-refractivity contribution in [1.29, 1.82) is 0 Å². The van der Waals surface area contributed by atoms with E-state index in [1.807, 2.05) is 31.2 Å². The SMILES string of the molecule is COc1ccccc1[C@@H](C)NC(=O)c1ccc(=O)[nH]n1. The van der Waals surface area contributed by atoms with Crippen LogP contribution in [0.1, 0.15) is 29.0 Å². The molecule has 1 aromatic heterocycles. The minimum Gasteiger partial charge on any atom is -0.496 e. The van der Waals surface area contributed by atoms with Crippen LogP contribution in [0.15, 0.2) is 41.2 Å². The lowest BCUT2D eigenvalue weighted by molar-refractivity contribution is 0.0933. The van der Waals surface area contributed by atoms with E-state index in [0.717, 1.165) is 5.56 Å². The quantitative estimate of drug-likeness (QED) is 0.878. The summed E-state index contributed by atoms with van der Waals surface area (Å²) in [7, 11) is 1.58. The average Bonchev–Trinajstić information content (AvgIpc) is 2.47. The first-order chi connectivity index (χ1) is 9.61. The summed E-state index contributed by atoms with van der Waals surface area (Å²) in [4.78, 5) is 22.9. The average molecular weight is 273 g/mol. The summed E-state index contributed by atoms with van der Waals surface area (Å²) in [6, 6.07) is 9.84. The fraction of sp³-hybridized carbons (Fsp3) is 0.214. The summed E-state index contributed by atoms with van der Waals surface area (Å²) in [5.41, 5.74) is 0.679. The van der Waals surface area contributed by atoms with Gasteiger partial charge < -0.3 is 10.1 Å². The van der Waals surface area contributed by atoms with Gasteiger partial charge in [0, 0.05) is 11.6 Å². The Labute approximate surface area is 115 Å². The molecular weight excluding hydrogens is 258 g/mol. The molecule has 0 fully saturated rings. The number of rotatable bonds is 4. The molecule has 0 bridgehead atoms. The molecule has 6 heteroatoms. The molecule has 20 heavy (non-hydrogen) atoms. The molecule has 0 saturated heterocycles. The molecule has 1 atom stereocenters. The zero-order chi connectivity index (χ0) is 14.5. The van der Waals surface area contributed by atoms with Gasteiger partial charge in [-0.05, 0) is 19.1 Å². The third-order valence-electron chi connectivity index (χ3n) is 2.86. The van der Waals surface area contributed by atoms with Crippen molar-refractivity contribution in [1.82, 2.24) is 15.5 Å². The Morgan fingerprint density at radius 2 is 2.05 bits per heavy atom. The van der Waals surface area contributed by atoms with Crippen LogP contribution in [0.5, 0.6) is 5.75 Å². The number of aromatic nitrogens is 2. The Hall–Kier alpha value is -2.63. The lowest BCUT2D eigenvalue weighted by Crippen LogP contribution is -2.28. The topological polar surface area (TPSA) is 84.1 Å². The summed E-state index contributed by atoms with van der Waals surface area (Å²) in [6.07, 6.45) is 0. The second-order valence-electron chi connectivity index (χ2n) is 4.24. The molecule has 0 spiro atoms. The predicted octanol–water partition coefficient (Wildman–Crippen LogP) is 1.27. The third-order valence-corrected chi connectivity index (χ3v) is 2.86. The lowest BCUT2D eigenvalue weighted by Gasteiger charge is -2.16. The smallest absolute Gasteiger partial charge is 0.272 e. The maximum Gasteiger partial charge on any atom is 0.272 e. The Kier molecular flexibility index (Phi) is 4.14. The van der Waals surface area contributed by atoms with Gasteiger partial charge >= 0.3 is 0 Å². The van der Waals surface area contributed by atoms with Crippen LogP contribution in [0.4, 0.5) is 0 Å². The van der Waals surface area contributed by atoms with Gasteiger partial charge in [0.1, 0.15) is 11.4 Å². The number of carbonyl (C=O) groups is 1. The first kappa shape index (κ1) is 13.8. The summed E-state index contributed by atoms with van der Waals surface area (Å²) >= 11 is 0. The number of para-hydroxylation sites is 1. The summed E-state index contributed by atoms with van der Waals surface area (Å²) in [6.45, 7) is 1.85. The number of nitrogens with one attached hydrogen (secondary N) is 2. The first-order valence-corrected chi connectivity index (χ1v) is 6.11. The molecule has 104 valence electrons. The molecule has 0 unspecified atom stereocenters. The number of carbonyl (C=O) groups excluding carboxylic acids is 1. The zero-order valence-corrected chi connectivity index (χ0v) is 11.2. The van der Waals surface area contributed by atoms with Crippen LogP contribution in [0.3, 0.4) is 0 Å². The van der Waals surface area contributed by atoms with Crippen LogP contribution in [0.2, 0.25) is 0 Å². The molecular formula is C14H15N3O3. The highest BCUT2D eigenvalue weighted by Crippen LogP contribution is 2.24. The van der Waals surface area contributed by atoms with Crippen molar-refractivity contribution in [2.45, 2.75) is 13.0 Å². The Morgan fingerprint density at radius 3 is 2.70 bits per heavy atom. The Bertz CT molecular complexity index is 646.